The number of hydrogen-bond donors (Lipinski definition) is 2. The first-order valence-corrected chi connectivity index (χ1v) is 14.4. The number of methoxy groups -OCH3 is 3. The van der Waals surface area contributed by atoms with Crippen LogP contribution in [0.4, 0.5) is 5.69 Å². The average molecular weight is 621 g/mol. The number of likely N-dealkylation sites (tertiary alicyclic amines) is 1. The summed E-state index contributed by atoms with van der Waals surface area (Å²) in [5.41, 5.74) is 1.04. The molecule has 1 aliphatic rings. The van der Waals surface area contributed by atoms with Gasteiger partial charge >= 0.3 is 5.97 Å². The lowest BCUT2D eigenvalue weighted by molar-refractivity contribution is -0.155. The SMILES string of the molecule is COc1cc(C(=O)C(=O)N2CCCC[C@H]2C(=O)OCCCOc2ccc(C(=O)Nc3ccc(O)cc3)cc2)cc(OC)c1OC. The number of anilines is 1. The van der Waals surface area contributed by atoms with Crippen LogP contribution in [0.2, 0.25) is 0 Å². The van der Waals surface area contributed by atoms with Crippen molar-refractivity contribution in [1.82, 2.24) is 4.90 Å². The van der Waals surface area contributed by atoms with Crippen LogP contribution in [0.1, 0.15) is 46.4 Å². The van der Waals surface area contributed by atoms with Crippen LogP contribution in [0.5, 0.6) is 28.7 Å². The van der Waals surface area contributed by atoms with E-state index in [-0.39, 0.29) is 48.5 Å². The number of ketones is 1. The summed E-state index contributed by atoms with van der Waals surface area (Å²) in [5, 5.41) is 12.1. The molecule has 3 aromatic carbocycles. The molecule has 45 heavy (non-hydrogen) atoms. The Labute approximate surface area is 260 Å². The number of phenols is 1. The second kappa shape index (κ2) is 15.5. The normalized spacial score (nSPS) is 14.2. The standard InChI is InChI=1S/C33H36N2O10/c1-41-27-19-22(20-28(42-2)30(27)43-3)29(37)32(39)35-16-5-4-7-26(35)33(40)45-18-6-17-44-25-14-8-21(9-15-25)31(38)34-23-10-12-24(36)13-11-23/h8-15,19-20,26,36H,4-7,16-18H2,1-3H3,(H,34,38)/t26-/m0/s1. The van der Waals surface area contributed by atoms with Gasteiger partial charge in [0.25, 0.3) is 17.6 Å². The first-order chi connectivity index (χ1) is 21.7. The number of amides is 2. The molecule has 238 valence electrons. The average Bonchev–Trinajstić information content (AvgIpc) is 3.07. The number of nitrogens with zero attached hydrogens (tertiary/aromatic N) is 1. The Hall–Kier alpha value is -5.26. The van der Waals surface area contributed by atoms with Gasteiger partial charge in [-0.1, -0.05) is 0 Å². The van der Waals surface area contributed by atoms with E-state index in [4.69, 9.17) is 23.7 Å². The van der Waals surface area contributed by atoms with E-state index in [2.05, 4.69) is 5.32 Å². The number of hydrogen-bond acceptors (Lipinski definition) is 10. The van der Waals surface area contributed by atoms with Crippen molar-refractivity contribution in [1.29, 1.82) is 0 Å². The first-order valence-electron chi connectivity index (χ1n) is 14.4. The van der Waals surface area contributed by atoms with Crippen LogP contribution in [0, 0.1) is 0 Å². The highest BCUT2D eigenvalue weighted by Gasteiger charge is 2.37. The molecule has 4 rings (SSSR count). The molecule has 3 aromatic rings. The molecule has 1 heterocycles. The molecule has 0 bridgehead atoms. The monoisotopic (exact) mass is 620 g/mol. The number of carbonyl (C=O) groups is 4. The number of Topliss-reactive ketones (excluding diaryl/α,β-unsaturated/α-hetero) is 1. The highest BCUT2D eigenvalue weighted by atomic mass is 16.5. The molecule has 0 radical (unpaired) electrons. The highest BCUT2D eigenvalue weighted by Crippen LogP contribution is 2.38. The zero-order valence-electron chi connectivity index (χ0n) is 25.4. The fraction of sp³-hybridized carbons (Fsp3) is 0.333. The molecule has 0 aromatic heterocycles. The van der Waals surface area contributed by atoms with Gasteiger partial charge in [0.2, 0.25) is 5.75 Å². The quantitative estimate of drug-likeness (QED) is 0.0934. The van der Waals surface area contributed by atoms with Gasteiger partial charge in [-0.25, -0.2) is 4.79 Å². The van der Waals surface area contributed by atoms with Crippen LogP contribution in [-0.2, 0) is 14.3 Å². The van der Waals surface area contributed by atoms with E-state index in [1.165, 1.54) is 50.5 Å². The van der Waals surface area contributed by atoms with Crippen LogP contribution in [-0.4, -0.2) is 80.7 Å². The third-order valence-corrected chi connectivity index (χ3v) is 7.20. The summed E-state index contributed by atoms with van der Waals surface area (Å²) in [6.07, 6.45) is 2.15. The lowest BCUT2D eigenvalue weighted by atomic mass is 10.00. The summed E-state index contributed by atoms with van der Waals surface area (Å²) in [7, 11) is 4.26. The smallest absolute Gasteiger partial charge is 0.328 e. The molecule has 0 aliphatic carbocycles. The minimum Gasteiger partial charge on any atom is -0.508 e. The number of nitrogens with one attached hydrogen (secondary N) is 1. The molecule has 1 aliphatic heterocycles. The van der Waals surface area contributed by atoms with Gasteiger partial charge in [-0.2, -0.15) is 0 Å². The number of ether oxygens (including phenoxy) is 5. The number of aromatic hydroxyl groups is 1. The van der Waals surface area contributed by atoms with E-state index in [0.29, 0.717) is 48.4 Å². The molecular formula is C33H36N2O10. The predicted molar refractivity (Wildman–Crippen MR) is 163 cm³/mol. The Morgan fingerprint density at radius 1 is 0.844 bits per heavy atom. The summed E-state index contributed by atoms with van der Waals surface area (Å²) >= 11 is 0. The van der Waals surface area contributed by atoms with Crippen LogP contribution in [0.3, 0.4) is 0 Å². The van der Waals surface area contributed by atoms with Crippen molar-refractivity contribution in [2.75, 3.05) is 46.4 Å². The maximum atomic E-state index is 13.3. The largest absolute Gasteiger partial charge is 0.508 e. The molecule has 0 saturated carbocycles. The van der Waals surface area contributed by atoms with Crippen molar-refractivity contribution >= 4 is 29.3 Å². The van der Waals surface area contributed by atoms with Gasteiger partial charge in [0.05, 0.1) is 34.5 Å². The van der Waals surface area contributed by atoms with Crippen molar-refractivity contribution in [2.24, 2.45) is 0 Å². The van der Waals surface area contributed by atoms with Crippen molar-refractivity contribution < 1.29 is 48.0 Å². The highest BCUT2D eigenvalue weighted by molar-refractivity contribution is 6.43. The second-order valence-electron chi connectivity index (χ2n) is 10.1. The number of benzene rings is 3. The van der Waals surface area contributed by atoms with E-state index in [0.717, 1.165) is 0 Å². The Bertz CT molecular complexity index is 1480. The molecule has 0 unspecified atom stereocenters. The lowest BCUT2D eigenvalue weighted by Gasteiger charge is -2.33. The summed E-state index contributed by atoms with van der Waals surface area (Å²) in [4.78, 5) is 53.1. The molecule has 1 atom stereocenters. The van der Waals surface area contributed by atoms with Crippen molar-refractivity contribution in [2.45, 2.75) is 31.7 Å². The van der Waals surface area contributed by atoms with E-state index in [9.17, 15) is 24.3 Å². The molecular weight excluding hydrogens is 584 g/mol. The predicted octanol–water partition coefficient (Wildman–Crippen LogP) is 4.25. The topological polar surface area (TPSA) is 150 Å². The third-order valence-electron chi connectivity index (χ3n) is 7.20. The number of piperidine rings is 1. The third kappa shape index (κ3) is 8.22. The molecule has 0 spiro atoms. The van der Waals surface area contributed by atoms with Crippen LogP contribution < -0.4 is 24.3 Å². The van der Waals surface area contributed by atoms with Gasteiger partial charge in [-0.15, -0.1) is 0 Å². The summed E-state index contributed by atoms with van der Waals surface area (Å²) in [5.74, 6) is -1.09. The fourth-order valence-corrected chi connectivity index (χ4v) is 4.85. The maximum absolute atomic E-state index is 13.3. The summed E-state index contributed by atoms with van der Waals surface area (Å²) in [6.45, 7) is 0.561. The minimum atomic E-state index is -0.876. The number of carbonyl (C=O) groups excluding carboxylic acids is 4. The van der Waals surface area contributed by atoms with Gasteiger partial charge in [0.15, 0.2) is 11.5 Å². The Morgan fingerprint density at radius 3 is 2.13 bits per heavy atom. The molecule has 12 heteroatoms. The number of rotatable bonds is 13. The summed E-state index contributed by atoms with van der Waals surface area (Å²) < 4.78 is 27.0. The van der Waals surface area contributed by atoms with Crippen molar-refractivity contribution in [3.8, 4) is 28.7 Å². The lowest BCUT2D eigenvalue weighted by Crippen LogP contribution is -2.51. The number of esters is 1. The van der Waals surface area contributed by atoms with Gasteiger partial charge in [-0.3, -0.25) is 14.4 Å². The zero-order valence-corrected chi connectivity index (χ0v) is 25.4. The Kier molecular flexibility index (Phi) is 11.2. The molecule has 1 fully saturated rings. The van der Waals surface area contributed by atoms with Crippen LogP contribution >= 0.6 is 0 Å². The van der Waals surface area contributed by atoms with E-state index >= 15 is 0 Å². The molecule has 2 N–H and O–H groups in total. The second-order valence-corrected chi connectivity index (χ2v) is 10.1. The van der Waals surface area contributed by atoms with Crippen molar-refractivity contribution in [3.05, 3.63) is 71.8 Å². The van der Waals surface area contributed by atoms with Crippen molar-refractivity contribution in [3.63, 3.8) is 0 Å². The minimum absolute atomic E-state index is 0.0512. The molecule has 12 nitrogen and oxygen atoms in total. The Balaban J connectivity index is 1.26. The van der Waals surface area contributed by atoms with Crippen LogP contribution in [0.15, 0.2) is 60.7 Å². The summed E-state index contributed by atoms with van der Waals surface area (Å²) in [6, 6.07) is 14.7. The van der Waals surface area contributed by atoms with Gasteiger partial charge in [0, 0.05) is 29.8 Å². The zero-order chi connectivity index (χ0) is 32.3. The van der Waals surface area contributed by atoms with E-state index < -0.39 is 23.7 Å². The maximum Gasteiger partial charge on any atom is 0.328 e. The fourth-order valence-electron chi connectivity index (χ4n) is 4.85. The Morgan fingerprint density at radius 2 is 1.51 bits per heavy atom. The van der Waals surface area contributed by atoms with Gasteiger partial charge in [0.1, 0.15) is 17.5 Å². The van der Waals surface area contributed by atoms with Gasteiger partial charge < -0.3 is 39.0 Å². The molecule has 1 saturated heterocycles. The van der Waals surface area contributed by atoms with E-state index in [1.54, 1.807) is 36.4 Å². The number of phenolic OH excluding ortho intramolecular Hbond substituents is 1. The van der Waals surface area contributed by atoms with E-state index in [1.807, 2.05) is 0 Å². The molecule has 2 amide bonds. The first kappa shape index (κ1) is 32.6. The van der Waals surface area contributed by atoms with Crippen LogP contribution in [0.25, 0.3) is 0 Å². The van der Waals surface area contributed by atoms with Gasteiger partial charge in [-0.05, 0) is 79.9 Å².